The van der Waals surface area contributed by atoms with Crippen LogP contribution >= 0.6 is 11.8 Å². The Bertz CT molecular complexity index is 703. The summed E-state index contributed by atoms with van der Waals surface area (Å²) in [5, 5.41) is 9.84. The number of thioether (sulfide) groups is 1. The van der Waals surface area contributed by atoms with E-state index in [1.807, 2.05) is 11.8 Å². The molecule has 2 aromatic carbocycles. The van der Waals surface area contributed by atoms with Crippen LogP contribution < -0.4 is 0 Å². The van der Waals surface area contributed by atoms with Gasteiger partial charge in [-0.3, -0.25) is 0 Å². The Hall–Kier alpha value is -1.72. The third-order valence-electron chi connectivity index (χ3n) is 4.85. The maximum atomic E-state index is 9.84. The second-order valence-corrected chi connectivity index (χ2v) is 7.33. The molecule has 0 aromatic heterocycles. The molecule has 1 aliphatic heterocycles. The van der Waals surface area contributed by atoms with Gasteiger partial charge in [0.25, 0.3) is 0 Å². The molecule has 2 heteroatoms. The molecule has 1 unspecified atom stereocenters. The van der Waals surface area contributed by atoms with Crippen LogP contribution in [-0.2, 0) is 12.8 Å². The lowest BCUT2D eigenvalue weighted by Gasteiger charge is -2.24. The third kappa shape index (κ3) is 2.17. The number of nitriles is 1. The van der Waals surface area contributed by atoms with E-state index in [0.29, 0.717) is 5.92 Å². The second-order valence-electron chi connectivity index (χ2n) is 6.26. The van der Waals surface area contributed by atoms with E-state index in [4.69, 9.17) is 0 Å². The predicted molar refractivity (Wildman–Crippen MR) is 86.4 cm³/mol. The standard InChI is InChI=1S/C19H17NS/c20-13-19(9-14-5-1-2-6-15(14)10-19)11-16-12-21-18-8-4-3-7-17(16)18/h1-8,16H,9-12H2. The number of rotatable bonds is 2. The van der Waals surface area contributed by atoms with Crippen LogP contribution in [0.5, 0.6) is 0 Å². The molecule has 0 saturated heterocycles. The maximum absolute atomic E-state index is 9.84. The Morgan fingerprint density at radius 2 is 1.71 bits per heavy atom. The van der Waals surface area contributed by atoms with E-state index < -0.39 is 0 Å². The molecular formula is C19H17NS. The molecule has 1 atom stereocenters. The zero-order valence-corrected chi connectivity index (χ0v) is 12.7. The quantitative estimate of drug-likeness (QED) is 0.809. The summed E-state index contributed by atoms with van der Waals surface area (Å²) >= 11 is 1.94. The monoisotopic (exact) mass is 291 g/mol. The van der Waals surface area contributed by atoms with Gasteiger partial charge in [0, 0.05) is 10.6 Å². The summed E-state index contributed by atoms with van der Waals surface area (Å²) in [7, 11) is 0. The molecule has 0 spiro atoms. The molecule has 21 heavy (non-hydrogen) atoms. The first-order valence-corrected chi connectivity index (χ1v) is 8.48. The molecule has 1 aliphatic carbocycles. The molecule has 0 amide bonds. The van der Waals surface area contributed by atoms with Crippen LogP contribution in [0.15, 0.2) is 53.4 Å². The highest BCUT2D eigenvalue weighted by Gasteiger charge is 2.40. The van der Waals surface area contributed by atoms with Crippen molar-refractivity contribution in [2.24, 2.45) is 5.41 Å². The van der Waals surface area contributed by atoms with Crippen LogP contribution in [0.3, 0.4) is 0 Å². The molecule has 0 radical (unpaired) electrons. The minimum Gasteiger partial charge on any atom is -0.198 e. The fourth-order valence-corrected chi connectivity index (χ4v) is 5.09. The number of hydrogen-bond acceptors (Lipinski definition) is 2. The fourth-order valence-electron chi connectivity index (χ4n) is 3.83. The molecule has 4 rings (SSSR count). The van der Waals surface area contributed by atoms with E-state index >= 15 is 0 Å². The molecule has 1 nitrogen and oxygen atoms in total. The Morgan fingerprint density at radius 1 is 1.05 bits per heavy atom. The van der Waals surface area contributed by atoms with E-state index in [9.17, 15) is 5.26 Å². The van der Waals surface area contributed by atoms with Crippen LogP contribution in [0, 0.1) is 16.7 Å². The number of nitrogens with zero attached hydrogens (tertiary/aromatic N) is 1. The lowest BCUT2D eigenvalue weighted by molar-refractivity contribution is 0.359. The first-order chi connectivity index (χ1) is 10.3. The van der Waals surface area contributed by atoms with E-state index in [-0.39, 0.29) is 5.41 Å². The zero-order chi connectivity index (χ0) is 14.3. The third-order valence-corrected chi connectivity index (χ3v) is 6.10. The summed E-state index contributed by atoms with van der Waals surface area (Å²) < 4.78 is 0. The Morgan fingerprint density at radius 3 is 2.43 bits per heavy atom. The molecule has 104 valence electrons. The first kappa shape index (κ1) is 13.0. The Labute approximate surface area is 130 Å². The summed E-state index contributed by atoms with van der Waals surface area (Å²) in [5.41, 5.74) is 4.00. The van der Waals surface area contributed by atoms with Gasteiger partial charge in [-0.1, -0.05) is 42.5 Å². The van der Waals surface area contributed by atoms with Gasteiger partial charge in [-0.25, -0.2) is 0 Å². The van der Waals surface area contributed by atoms with Crippen molar-refractivity contribution in [1.29, 1.82) is 5.26 Å². The largest absolute Gasteiger partial charge is 0.198 e. The smallest absolute Gasteiger partial charge is 0.0696 e. The molecule has 0 fully saturated rings. The van der Waals surface area contributed by atoms with Gasteiger partial charge in [0.2, 0.25) is 0 Å². The van der Waals surface area contributed by atoms with Crippen molar-refractivity contribution in [2.75, 3.05) is 5.75 Å². The number of benzene rings is 2. The van der Waals surface area contributed by atoms with Crippen molar-refractivity contribution in [1.82, 2.24) is 0 Å². The van der Waals surface area contributed by atoms with Crippen molar-refractivity contribution in [3.63, 3.8) is 0 Å². The summed E-state index contributed by atoms with van der Waals surface area (Å²) in [6.07, 6.45) is 2.83. The average molecular weight is 291 g/mol. The van der Waals surface area contributed by atoms with Crippen molar-refractivity contribution in [2.45, 2.75) is 30.1 Å². The van der Waals surface area contributed by atoms with Gasteiger partial charge >= 0.3 is 0 Å². The van der Waals surface area contributed by atoms with Crippen LogP contribution in [0.25, 0.3) is 0 Å². The van der Waals surface area contributed by atoms with Crippen molar-refractivity contribution >= 4 is 11.8 Å². The minimum absolute atomic E-state index is 0.202. The van der Waals surface area contributed by atoms with Crippen LogP contribution in [0.2, 0.25) is 0 Å². The highest BCUT2D eigenvalue weighted by Crippen LogP contribution is 2.48. The van der Waals surface area contributed by atoms with Gasteiger partial charge in [-0.05, 0) is 47.9 Å². The van der Waals surface area contributed by atoms with E-state index in [1.165, 1.54) is 21.6 Å². The highest BCUT2D eigenvalue weighted by atomic mass is 32.2. The van der Waals surface area contributed by atoms with Gasteiger partial charge in [0.1, 0.15) is 0 Å². The normalized spacial score (nSPS) is 21.6. The molecule has 1 heterocycles. The highest BCUT2D eigenvalue weighted by molar-refractivity contribution is 7.99. The SMILES string of the molecule is N#CC1(CC2CSc3ccccc32)Cc2ccccc2C1. The molecular weight excluding hydrogens is 274 g/mol. The zero-order valence-electron chi connectivity index (χ0n) is 11.9. The van der Waals surface area contributed by atoms with E-state index in [2.05, 4.69) is 54.6 Å². The summed E-state index contributed by atoms with van der Waals surface area (Å²) in [6, 6.07) is 19.9. The maximum Gasteiger partial charge on any atom is 0.0696 e. The van der Waals surface area contributed by atoms with Gasteiger partial charge in [-0.15, -0.1) is 11.8 Å². The van der Waals surface area contributed by atoms with Gasteiger partial charge < -0.3 is 0 Å². The lowest BCUT2D eigenvalue weighted by atomic mass is 9.76. The molecule has 0 bridgehead atoms. The minimum atomic E-state index is -0.202. The van der Waals surface area contributed by atoms with Gasteiger partial charge in [0.15, 0.2) is 0 Å². The van der Waals surface area contributed by atoms with Gasteiger partial charge in [-0.2, -0.15) is 5.26 Å². The molecule has 2 aromatic rings. The average Bonchev–Trinajstić information content (AvgIpc) is 3.09. The van der Waals surface area contributed by atoms with Crippen LogP contribution in [-0.4, -0.2) is 5.75 Å². The number of hydrogen-bond donors (Lipinski definition) is 0. The Kier molecular flexibility index (Phi) is 3.05. The summed E-state index contributed by atoms with van der Waals surface area (Å²) in [4.78, 5) is 1.41. The summed E-state index contributed by atoms with van der Waals surface area (Å²) in [5.74, 6) is 1.65. The van der Waals surface area contributed by atoms with E-state index in [0.717, 1.165) is 25.0 Å². The second kappa shape index (κ2) is 4.93. The van der Waals surface area contributed by atoms with Crippen molar-refractivity contribution in [3.8, 4) is 6.07 Å². The summed E-state index contributed by atoms with van der Waals surface area (Å²) in [6.45, 7) is 0. The van der Waals surface area contributed by atoms with E-state index in [1.54, 1.807) is 0 Å². The predicted octanol–water partition coefficient (Wildman–Crippen LogP) is 4.57. The van der Waals surface area contributed by atoms with Gasteiger partial charge in [0.05, 0.1) is 11.5 Å². The molecule has 0 saturated carbocycles. The van der Waals surface area contributed by atoms with Crippen molar-refractivity contribution in [3.05, 3.63) is 65.2 Å². The topological polar surface area (TPSA) is 23.8 Å². The van der Waals surface area contributed by atoms with Crippen LogP contribution in [0.1, 0.15) is 29.0 Å². The fraction of sp³-hybridized carbons (Fsp3) is 0.316. The number of fused-ring (bicyclic) bond motifs is 2. The molecule has 0 N–H and O–H groups in total. The van der Waals surface area contributed by atoms with Crippen molar-refractivity contribution < 1.29 is 0 Å². The Balaban J connectivity index is 1.62. The lowest BCUT2D eigenvalue weighted by Crippen LogP contribution is -2.22. The first-order valence-electron chi connectivity index (χ1n) is 7.49. The van der Waals surface area contributed by atoms with Crippen LogP contribution in [0.4, 0.5) is 0 Å². The molecule has 2 aliphatic rings.